The molecule has 1 aromatic heterocycles. The lowest BCUT2D eigenvalue weighted by Gasteiger charge is -2.16. The standard InChI is InChI=1S/C30H33N5O4/c1-20-8-6-11-26(21(20)2)39-27-19-32-35(24-12-14-25(38-5)15-13-24)30(37)28(27)33-23-10-7-9-22(18-23)29(36)31-16-17-34(3)4/h6-15,18-19,33H,16-17H2,1-5H3,(H,31,36). The summed E-state index contributed by atoms with van der Waals surface area (Å²) in [6.45, 7) is 5.21. The van der Waals surface area contributed by atoms with Crippen LogP contribution in [0.5, 0.6) is 17.2 Å². The van der Waals surface area contributed by atoms with Crippen LogP contribution in [0.2, 0.25) is 0 Å². The zero-order valence-electron chi connectivity index (χ0n) is 22.8. The number of carbonyl (C=O) groups is 1. The van der Waals surface area contributed by atoms with Crippen LogP contribution < -0.4 is 25.7 Å². The molecule has 4 rings (SSSR count). The van der Waals surface area contributed by atoms with E-state index in [9.17, 15) is 9.59 Å². The molecule has 1 heterocycles. The number of hydrogen-bond acceptors (Lipinski definition) is 7. The Morgan fingerprint density at radius 2 is 1.74 bits per heavy atom. The number of ether oxygens (including phenoxy) is 2. The summed E-state index contributed by atoms with van der Waals surface area (Å²) < 4.78 is 12.7. The smallest absolute Gasteiger partial charge is 0.299 e. The average molecular weight is 528 g/mol. The lowest BCUT2D eigenvalue weighted by atomic mass is 10.1. The summed E-state index contributed by atoms with van der Waals surface area (Å²) in [7, 11) is 5.47. The fraction of sp³-hybridized carbons (Fsp3) is 0.233. The zero-order valence-corrected chi connectivity index (χ0v) is 22.8. The molecule has 2 N–H and O–H groups in total. The van der Waals surface area contributed by atoms with Gasteiger partial charge in [0.25, 0.3) is 11.5 Å². The van der Waals surface area contributed by atoms with Crippen LogP contribution >= 0.6 is 0 Å². The third-order valence-corrected chi connectivity index (χ3v) is 6.27. The molecule has 4 aromatic rings. The topological polar surface area (TPSA) is 97.7 Å². The molecule has 0 fully saturated rings. The van der Waals surface area contributed by atoms with Crippen molar-refractivity contribution in [2.24, 2.45) is 0 Å². The van der Waals surface area contributed by atoms with Crippen molar-refractivity contribution in [1.82, 2.24) is 20.0 Å². The Kier molecular flexibility index (Phi) is 8.63. The molecule has 3 aromatic carbocycles. The summed E-state index contributed by atoms with van der Waals surface area (Å²) in [6, 6.07) is 19.7. The summed E-state index contributed by atoms with van der Waals surface area (Å²) in [5.74, 6) is 1.35. The summed E-state index contributed by atoms with van der Waals surface area (Å²) in [6.07, 6.45) is 1.51. The normalized spacial score (nSPS) is 10.8. The number of anilines is 2. The number of nitrogens with one attached hydrogen (secondary N) is 2. The molecule has 0 saturated carbocycles. The quantitative estimate of drug-likeness (QED) is 0.309. The molecule has 0 saturated heterocycles. The largest absolute Gasteiger partial charge is 0.497 e. The molecule has 0 spiro atoms. The van der Waals surface area contributed by atoms with Gasteiger partial charge in [-0.1, -0.05) is 18.2 Å². The Balaban J connectivity index is 1.72. The van der Waals surface area contributed by atoms with Gasteiger partial charge in [0.1, 0.15) is 11.5 Å². The van der Waals surface area contributed by atoms with Gasteiger partial charge in [-0.15, -0.1) is 0 Å². The molecule has 0 aliphatic heterocycles. The molecule has 0 aliphatic carbocycles. The van der Waals surface area contributed by atoms with E-state index in [1.165, 1.54) is 10.9 Å². The maximum absolute atomic E-state index is 13.8. The van der Waals surface area contributed by atoms with Gasteiger partial charge in [0, 0.05) is 24.3 Å². The van der Waals surface area contributed by atoms with Gasteiger partial charge in [-0.25, -0.2) is 0 Å². The van der Waals surface area contributed by atoms with E-state index >= 15 is 0 Å². The number of amides is 1. The maximum Gasteiger partial charge on any atom is 0.299 e. The van der Waals surface area contributed by atoms with Gasteiger partial charge < -0.3 is 25.0 Å². The van der Waals surface area contributed by atoms with E-state index in [-0.39, 0.29) is 17.3 Å². The van der Waals surface area contributed by atoms with Crippen LogP contribution in [0.25, 0.3) is 5.69 Å². The van der Waals surface area contributed by atoms with Gasteiger partial charge in [-0.05, 0) is 87.6 Å². The Morgan fingerprint density at radius 3 is 2.46 bits per heavy atom. The molecule has 0 bridgehead atoms. The second kappa shape index (κ2) is 12.3. The van der Waals surface area contributed by atoms with E-state index in [2.05, 4.69) is 15.7 Å². The van der Waals surface area contributed by atoms with Crippen molar-refractivity contribution in [2.75, 3.05) is 39.6 Å². The van der Waals surface area contributed by atoms with Crippen molar-refractivity contribution in [3.05, 3.63) is 100.0 Å². The average Bonchev–Trinajstić information content (AvgIpc) is 2.93. The highest BCUT2D eigenvalue weighted by molar-refractivity contribution is 5.95. The Morgan fingerprint density at radius 1 is 1.00 bits per heavy atom. The van der Waals surface area contributed by atoms with Gasteiger partial charge in [-0.2, -0.15) is 9.78 Å². The van der Waals surface area contributed by atoms with E-state index in [1.807, 2.05) is 51.0 Å². The van der Waals surface area contributed by atoms with Crippen molar-refractivity contribution in [2.45, 2.75) is 13.8 Å². The van der Waals surface area contributed by atoms with Gasteiger partial charge in [0.05, 0.1) is 19.0 Å². The third kappa shape index (κ3) is 6.63. The van der Waals surface area contributed by atoms with Crippen molar-refractivity contribution < 1.29 is 14.3 Å². The van der Waals surface area contributed by atoms with E-state index in [4.69, 9.17) is 9.47 Å². The fourth-order valence-electron chi connectivity index (χ4n) is 3.87. The number of nitrogens with zero attached hydrogens (tertiary/aromatic N) is 3. The number of likely N-dealkylation sites (N-methyl/N-ethyl adjacent to an activating group) is 1. The number of rotatable bonds is 10. The number of aryl methyl sites for hydroxylation is 1. The minimum Gasteiger partial charge on any atom is -0.497 e. The van der Waals surface area contributed by atoms with Crippen LogP contribution in [-0.4, -0.2) is 54.9 Å². The molecular formula is C30H33N5O4. The first kappa shape index (κ1) is 27.4. The van der Waals surface area contributed by atoms with Crippen LogP contribution in [0.4, 0.5) is 11.4 Å². The van der Waals surface area contributed by atoms with E-state index in [1.54, 1.807) is 55.6 Å². The Labute approximate surface area is 228 Å². The summed E-state index contributed by atoms with van der Waals surface area (Å²) in [5.41, 5.74) is 3.39. The van der Waals surface area contributed by atoms with Crippen molar-refractivity contribution >= 4 is 17.3 Å². The fourth-order valence-corrected chi connectivity index (χ4v) is 3.87. The number of carbonyl (C=O) groups excluding carboxylic acids is 1. The van der Waals surface area contributed by atoms with E-state index in [0.717, 1.165) is 17.7 Å². The predicted octanol–water partition coefficient (Wildman–Crippen LogP) is 4.69. The van der Waals surface area contributed by atoms with Crippen molar-refractivity contribution in [3.63, 3.8) is 0 Å². The molecule has 0 atom stereocenters. The third-order valence-electron chi connectivity index (χ3n) is 6.27. The van der Waals surface area contributed by atoms with Gasteiger partial charge >= 0.3 is 0 Å². The van der Waals surface area contributed by atoms with Gasteiger partial charge in [0.15, 0.2) is 11.4 Å². The molecule has 1 amide bonds. The maximum atomic E-state index is 13.8. The summed E-state index contributed by atoms with van der Waals surface area (Å²) in [4.78, 5) is 28.4. The molecule has 39 heavy (non-hydrogen) atoms. The second-order valence-electron chi connectivity index (χ2n) is 9.36. The number of methoxy groups -OCH3 is 1. The minimum absolute atomic E-state index is 0.187. The molecule has 202 valence electrons. The van der Waals surface area contributed by atoms with Crippen molar-refractivity contribution in [1.29, 1.82) is 0 Å². The highest BCUT2D eigenvalue weighted by Gasteiger charge is 2.17. The number of hydrogen-bond donors (Lipinski definition) is 2. The first-order valence-corrected chi connectivity index (χ1v) is 12.6. The Bertz CT molecular complexity index is 1510. The van der Waals surface area contributed by atoms with Gasteiger partial charge in [0.2, 0.25) is 0 Å². The molecule has 0 unspecified atom stereocenters. The summed E-state index contributed by atoms with van der Waals surface area (Å²) in [5, 5.41) is 10.5. The molecule has 9 heteroatoms. The highest BCUT2D eigenvalue weighted by atomic mass is 16.5. The summed E-state index contributed by atoms with van der Waals surface area (Å²) >= 11 is 0. The first-order valence-electron chi connectivity index (χ1n) is 12.6. The second-order valence-corrected chi connectivity index (χ2v) is 9.36. The molecular weight excluding hydrogens is 494 g/mol. The molecule has 0 aliphatic rings. The van der Waals surface area contributed by atoms with E-state index in [0.29, 0.717) is 35.0 Å². The highest BCUT2D eigenvalue weighted by Crippen LogP contribution is 2.32. The number of benzene rings is 3. The van der Waals surface area contributed by atoms with E-state index < -0.39 is 5.56 Å². The Hall–Kier alpha value is -4.63. The monoisotopic (exact) mass is 527 g/mol. The molecule has 9 nitrogen and oxygen atoms in total. The lowest BCUT2D eigenvalue weighted by Crippen LogP contribution is -2.31. The number of aromatic nitrogens is 2. The van der Waals surface area contributed by atoms with Crippen LogP contribution in [0.1, 0.15) is 21.5 Å². The van der Waals surface area contributed by atoms with Gasteiger partial charge in [-0.3, -0.25) is 9.59 Å². The van der Waals surface area contributed by atoms with Crippen LogP contribution in [0, 0.1) is 13.8 Å². The van der Waals surface area contributed by atoms with Crippen LogP contribution in [-0.2, 0) is 0 Å². The predicted molar refractivity (Wildman–Crippen MR) is 153 cm³/mol. The SMILES string of the molecule is COc1ccc(-n2ncc(Oc3cccc(C)c3C)c(Nc3cccc(C(=O)NCCN(C)C)c3)c2=O)cc1. The van der Waals surface area contributed by atoms with Crippen LogP contribution in [0.15, 0.2) is 77.7 Å². The van der Waals surface area contributed by atoms with Crippen LogP contribution in [0.3, 0.4) is 0 Å². The van der Waals surface area contributed by atoms with Crippen molar-refractivity contribution in [3.8, 4) is 22.9 Å². The zero-order chi connectivity index (χ0) is 27.9. The molecule has 0 radical (unpaired) electrons. The first-order chi connectivity index (χ1) is 18.8. The minimum atomic E-state index is -0.413. The lowest BCUT2D eigenvalue weighted by molar-refractivity contribution is 0.0951.